The number of nitrogens with two attached hydrogens (primary N) is 1. The van der Waals surface area contributed by atoms with Gasteiger partial charge in [0.05, 0.1) is 6.10 Å². The van der Waals surface area contributed by atoms with E-state index in [-0.39, 0.29) is 11.2 Å². The lowest BCUT2D eigenvalue weighted by Crippen LogP contribution is -2.39. The van der Waals surface area contributed by atoms with Crippen LogP contribution in [0.4, 0.5) is 5.82 Å². The quantitative estimate of drug-likeness (QED) is 0.347. The van der Waals surface area contributed by atoms with E-state index in [0.717, 1.165) is 0 Å². The molecule has 3 unspecified atom stereocenters. The average molecular weight is 439 g/mol. The van der Waals surface area contributed by atoms with Crippen LogP contribution in [0, 0.1) is 12.3 Å². The first kappa shape index (κ1) is 22.8. The van der Waals surface area contributed by atoms with E-state index in [0.29, 0.717) is 12.0 Å². The zero-order chi connectivity index (χ0) is 20.6. The Balaban J connectivity index is 2.46. The lowest BCUT2D eigenvalue weighted by Gasteiger charge is -2.29. The van der Waals surface area contributed by atoms with E-state index in [1.54, 1.807) is 13.1 Å². The van der Waals surface area contributed by atoms with Crippen LogP contribution in [0.25, 0.3) is 0 Å². The summed E-state index contributed by atoms with van der Waals surface area (Å²) in [5, 5.41) is 0. The number of aryl methyl sites for hydroxylation is 1. The minimum Gasteiger partial charge on any atom is -0.383 e. The van der Waals surface area contributed by atoms with Gasteiger partial charge in [0.25, 0.3) is 0 Å². The Morgan fingerprint density at radius 2 is 2.11 bits per heavy atom. The lowest BCUT2D eigenvalue weighted by atomic mass is 9.87. The average Bonchev–Trinajstić information content (AvgIpc) is 2.85. The van der Waals surface area contributed by atoms with Crippen molar-refractivity contribution >= 4 is 37.3 Å². The minimum absolute atomic E-state index is 0.125. The van der Waals surface area contributed by atoms with Gasteiger partial charge in [0.15, 0.2) is 6.23 Å². The molecular weight excluding hydrogens is 413 g/mol. The highest BCUT2D eigenvalue weighted by Crippen LogP contribution is 2.51. The molecule has 5 atom stereocenters. The van der Waals surface area contributed by atoms with Gasteiger partial charge in [-0.2, -0.15) is 4.98 Å². The molecule has 27 heavy (non-hydrogen) atoms. The monoisotopic (exact) mass is 439 g/mol. The van der Waals surface area contributed by atoms with Crippen LogP contribution in [0.1, 0.15) is 39.0 Å². The molecule has 0 spiro atoms. The largest absolute Gasteiger partial charge is 0.383 e. The molecule has 2 heterocycles. The fraction of sp³-hybridized carbons (Fsp3) is 0.733. The number of nitrogen functional groups attached to an aromatic ring is 1. The molecule has 2 rings (SSSR count). The van der Waals surface area contributed by atoms with Gasteiger partial charge in [-0.15, -0.1) is 0 Å². The number of aromatic nitrogens is 2. The Labute approximate surface area is 169 Å². The number of hydrogen-bond acceptors (Lipinski definition) is 9. The normalized spacial score (nSPS) is 28.3. The van der Waals surface area contributed by atoms with Gasteiger partial charge in [-0.3, -0.25) is 9.09 Å². The lowest BCUT2D eigenvalue weighted by molar-refractivity contribution is -0.0593. The summed E-state index contributed by atoms with van der Waals surface area (Å²) < 4.78 is 23.2. The maximum Gasteiger partial charge on any atom is 0.351 e. The van der Waals surface area contributed by atoms with Crippen molar-refractivity contribution in [3.05, 3.63) is 22.2 Å². The number of rotatable bonds is 6. The van der Waals surface area contributed by atoms with Crippen LogP contribution in [0.5, 0.6) is 0 Å². The maximum atomic E-state index is 12.4. The molecule has 0 bridgehead atoms. The molecule has 12 heteroatoms. The summed E-state index contributed by atoms with van der Waals surface area (Å²) in [7, 11) is 1.46. The van der Waals surface area contributed by atoms with E-state index >= 15 is 0 Å². The molecular formula is C15H26N3O6PS2. The van der Waals surface area contributed by atoms with Crippen LogP contribution in [0.3, 0.4) is 0 Å². The van der Waals surface area contributed by atoms with Crippen molar-refractivity contribution in [2.45, 2.75) is 58.7 Å². The number of hydrogen-bond donors (Lipinski definition) is 3. The minimum atomic E-state index is -3.61. The predicted octanol–water partition coefficient (Wildman–Crippen LogP) is 1.95. The first-order chi connectivity index (χ1) is 12.4. The molecule has 0 saturated carbocycles. The van der Waals surface area contributed by atoms with Gasteiger partial charge in [0, 0.05) is 18.9 Å². The zero-order valence-corrected chi connectivity index (χ0v) is 18.5. The zero-order valence-electron chi connectivity index (χ0n) is 15.9. The second kappa shape index (κ2) is 8.46. The molecule has 0 radical (unpaired) electrons. The van der Waals surface area contributed by atoms with E-state index in [1.165, 1.54) is 11.7 Å². The Morgan fingerprint density at radius 1 is 1.48 bits per heavy atom. The molecule has 9 nitrogen and oxygen atoms in total. The van der Waals surface area contributed by atoms with E-state index in [4.69, 9.17) is 31.5 Å². The van der Waals surface area contributed by atoms with Crippen LogP contribution < -0.4 is 11.4 Å². The summed E-state index contributed by atoms with van der Waals surface area (Å²) in [4.78, 5) is 26.3. The Hall–Kier alpha value is -0.520. The summed E-state index contributed by atoms with van der Waals surface area (Å²) in [6, 6.07) is 0. The molecule has 3 N–H and O–H groups in total. The first-order valence-electron chi connectivity index (χ1n) is 8.26. The number of methoxy groups -OCH3 is 1. The van der Waals surface area contributed by atoms with E-state index in [1.807, 2.05) is 20.8 Å². The molecule has 1 aromatic heterocycles. The van der Waals surface area contributed by atoms with Crippen molar-refractivity contribution in [2.75, 3.05) is 12.8 Å². The van der Waals surface area contributed by atoms with Crippen molar-refractivity contribution in [3.8, 4) is 0 Å². The van der Waals surface area contributed by atoms with Crippen LogP contribution in [0.15, 0.2) is 11.0 Å². The van der Waals surface area contributed by atoms with Crippen LogP contribution in [-0.2, 0) is 29.8 Å². The van der Waals surface area contributed by atoms with Crippen molar-refractivity contribution < 1.29 is 22.9 Å². The highest BCUT2D eigenvalue weighted by Gasteiger charge is 2.50. The number of thiol groups is 1. The molecule has 1 aliphatic heterocycles. The molecule has 154 valence electrons. The van der Waals surface area contributed by atoms with Gasteiger partial charge >= 0.3 is 12.4 Å². The molecule has 1 aliphatic rings. The van der Waals surface area contributed by atoms with Crippen molar-refractivity contribution in [1.82, 2.24) is 9.55 Å². The molecule has 0 aliphatic carbocycles. The standard InChI is InChI=1S/C15H26N3O6PS2/c1-8-7-18(14(19)17-12(8)16)13-11(21-5)10(23-25(20,27)24-26)9(22-13)6-15(2,3)4/h7,9-11,13,26H,6H2,1-5H3,(H,20,27)(H2,16,17,19)/t9-,10?,11?,13-,25?/m1/s1. The summed E-state index contributed by atoms with van der Waals surface area (Å²) >= 11 is 8.52. The number of ether oxygens (including phenoxy) is 2. The van der Waals surface area contributed by atoms with Crippen molar-refractivity contribution in [3.63, 3.8) is 0 Å². The van der Waals surface area contributed by atoms with Gasteiger partial charge < -0.3 is 20.1 Å². The topological polar surface area (TPSA) is 118 Å². The third-order valence-electron chi connectivity index (χ3n) is 4.18. The molecule has 1 saturated heterocycles. The fourth-order valence-electron chi connectivity index (χ4n) is 3.01. The van der Waals surface area contributed by atoms with Gasteiger partial charge in [-0.25, -0.2) is 8.76 Å². The molecule has 1 fully saturated rings. The summed E-state index contributed by atoms with van der Waals surface area (Å²) in [5.74, 6) is 0.150. The molecule has 1 aromatic rings. The number of anilines is 1. The molecule has 0 aromatic carbocycles. The third kappa shape index (κ3) is 5.51. The predicted molar refractivity (Wildman–Crippen MR) is 108 cm³/mol. The highest BCUT2D eigenvalue weighted by atomic mass is 32.5. The Morgan fingerprint density at radius 3 is 2.63 bits per heavy atom. The second-order valence-corrected chi connectivity index (χ2v) is 10.8. The Bertz CT molecular complexity index is 784. The summed E-state index contributed by atoms with van der Waals surface area (Å²) in [5.41, 5.74) is 5.63. The van der Waals surface area contributed by atoms with Crippen LogP contribution >= 0.6 is 19.6 Å². The summed E-state index contributed by atoms with van der Waals surface area (Å²) in [6.07, 6.45) is -0.734. The van der Waals surface area contributed by atoms with Crippen molar-refractivity contribution in [1.29, 1.82) is 0 Å². The summed E-state index contributed by atoms with van der Waals surface area (Å²) in [6.45, 7) is 4.23. The van der Waals surface area contributed by atoms with Gasteiger partial charge in [-0.05, 0) is 43.5 Å². The highest BCUT2D eigenvalue weighted by molar-refractivity contribution is 8.09. The van der Waals surface area contributed by atoms with Gasteiger partial charge in [0.2, 0.25) is 0 Å². The maximum absolute atomic E-state index is 12.4. The fourth-order valence-corrected chi connectivity index (χ4v) is 4.03. The third-order valence-corrected chi connectivity index (χ3v) is 6.37. The second-order valence-electron chi connectivity index (χ2n) is 7.65. The smallest absolute Gasteiger partial charge is 0.351 e. The van der Waals surface area contributed by atoms with E-state index in [2.05, 4.69) is 21.9 Å². The van der Waals surface area contributed by atoms with Gasteiger partial charge in [0.1, 0.15) is 18.0 Å². The van der Waals surface area contributed by atoms with Crippen LogP contribution in [0.2, 0.25) is 0 Å². The first-order valence-corrected chi connectivity index (χ1v) is 11.2. The SMILES string of the molecule is COC1C(OP(O)(=S)OS)[C@@H](CC(C)(C)C)O[C@H]1n1cc(C)c(N)nc1=O. The van der Waals surface area contributed by atoms with E-state index < -0.39 is 36.9 Å². The number of nitrogens with zero attached hydrogens (tertiary/aromatic N) is 2. The van der Waals surface area contributed by atoms with Crippen LogP contribution in [-0.4, -0.2) is 39.9 Å². The Kier molecular flexibility index (Phi) is 7.13. The van der Waals surface area contributed by atoms with E-state index in [9.17, 15) is 9.69 Å². The van der Waals surface area contributed by atoms with Gasteiger partial charge in [-0.1, -0.05) is 20.8 Å². The van der Waals surface area contributed by atoms with Crippen molar-refractivity contribution in [2.24, 2.45) is 5.41 Å². The molecule has 0 amide bonds.